The van der Waals surface area contributed by atoms with E-state index in [0.717, 1.165) is 37.8 Å². The fourth-order valence-corrected chi connectivity index (χ4v) is 2.51. The standard InChI is InChI=1S/C16H24N2O2/c1-2-4-13(17)11-12-6-8-14(9-7-12)18-16(19)15-5-3-10-20-15/h6-9,13,15H,2-5,10-11,17H2,1H3,(H,18,19). The highest BCUT2D eigenvalue weighted by Gasteiger charge is 2.23. The van der Waals surface area contributed by atoms with Gasteiger partial charge in [0, 0.05) is 18.3 Å². The molecule has 20 heavy (non-hydrogen) atoms. The minimum absolute atomic E-state index is 0.0436. The number of ether oxygens (including phenoxy) is 1. The topological polar surface area (TPSA) is 64.3 Å². The summed E-state index contributed by atoms with van der Waals surface area (Å²) in [6.45, 7) is 2.83. The van der Waals surface area contributed by atoms with Gasteiger partial charge in [-0.15, -0.1) is 0 Å². The van der Waals surface area contributed by atoms with E-state index in [1.807, 2.05) is 24.3 Å². The Balaban J connectivity index is 1.86. The first kappa shape index (κ1) is 15.0. The molecule has 2 rings (SSSR count). The van der Waals surface area contributed by atoms with Gasteiger partial charge in [-0.25, -0.2) is 0 Å². The first-order chi connectivity index (χ1) is 9.69. The van der Waals surface area contributed by atoms with Gasteiger partial charge in [0.2, 0.25) is 0 Å². The van der Waals surface area contributed by atoms with Gasteiger partial charge in [0.25, 0.3) is 5.91 Å². The van der Waals surface area contributed by atoms with Crippen LogP contribution in [0.2, 0.25) is 0 Å². The van der Waals surface area contributed by atoms with Gasteiger partial charge >= 0.3 is 0 Å². The molecule has 1 aliphatic heterocycles. The summed E-state index contributed by atoms with van der Waals surface area (Å²) in [6, 6.07) is 8.13. The Morgan fingerprint density at radius 3 is 2.80 bits per heavy atom. The summed E-state index contributed by atoms with van der Waals surface area (Å²) < 4.78 is 5.36. The minimum Gasteiger partial charge on any atom is -0.368 e. The van der Waals surface area contributed by atoms with Crippen molar-refractivity contribution in [3.63, 3.8) is 0 Å². The maximum absolute atomic E-state index is 11.9. The quantitative estimate of drug-likeness (QED) is 0.839. The molecule has 1 amide bonds. The zero-order chi connectivity index (χ0) is 14.4. The average Bonchev–Trinajstić information content (AvgIpc) is 2.95. The summed E-state index contributed by atoms with van der Waals surface area (Å²) in [6.07, 6.45) is 4.53. The van der Waals surface area contributed by atoms with Gasteiger partial charge in [-0.2, -0.15) is 0 Å². The average molecular weight is 276 g/mol. The molecule has 1 aromatic carbocycles. The second-order valence-electron chi connectivity index (χ2n) is 5.44. The molecule has 1 aliphatic rings. The summed E-state index contributed by atoms with van der Waals surface area (Å²) in [5.74, 6) is -0.0436. The molecule has 0 bridgehead atoms. The number of carbonyl (C=O) groups is 1. The number of amides is 1. The zero-order valence-electron chi connectivity index (χ0n) is 12.1. The maximum Gasteiger partial charge on any atom is 0.253 e. The lowest BCUT2D eigenvalue weighted by atomic mass is 10.0. The van der Waals surface area contributed by atoms with E-state index < -0.39 is 0 Å². The number of anilines is 1. The second kappa shape index (κ2) is 7.41. The molecule has 1 heterocycles. The number of carbonyl (C=O) groups excluding carboxylic acids is 1. The van der Waals surface area contributed by atoms with Crippen LogP contribution in [0.5, 0.6) is 0 Å². The molecule has 0 aromatic heterocycles. The molecule has 2 atom stereocenters. The third kappa shape index (κ3) is 4.32. The molecule has 3 N–H and O–H groups in total. The van der Waals surface area contributed by atoms with Crippen LogP contribution in [0.1, 0.15) is 38.2 Å². The number of hydrogen-bond donors (Lipinski definition) is 2. The maximum atomic E-state index is 11.9. The lowest BCUT2D eigenvalue weighted by Gasteiger charge is -2.12. The van der Waals surface area contributed by atoms with Crippen LogP contribution >= 0.6 is 0 Å². The summed E-state index contributed by atoms with van der Waals surface area (Å²) in [5, 5.41) is 2.89. The number of rotatable bonds is 6. The molecule has 2 unspecified atom stereocenters. The van der Waals surface area contributed by atoms with Crippen LogP contribution in [0.15, 0.2) is 24.3 Å². The molecule has 1 saturated heterocycles. The van der Waals surface area contributed by atoms with Crippen molar-refractivity contribution in [1.82, 2.24) is 0 Å². The van der Waals surface area contributed by atoms with Gasteiger partial charge in [-0.3, -0.25) is 4.79 Å². The predicted octanol–water partition coefficient (Wildman–Crippen LogP) is 2.47. The number of hydrogen-bond acceptors (Lipinski definition) is 3. The largest absolute Gasteiger partial charge is 0.368 e. The van der Waals surface area contributed by atoms with Gasteiger partial charge in [-0.05, 0) is 43.4 Å². The summed E-state index contributed by atoms with van der Waals surface area (Å²) in [5.41, 5.74) is 8.06. The predicted molar refractivity (Wildman–Crippen MR) is 80.6 cm³/mol. The van der Waals surface area contributed by atoms with E-state index >= 15 is 0 Å². The Morgan fingerprint density at radius 2 is 2.20 bits per heavy atom. The smallest absolute Gasteiger partial charge is 0.253 e. The Bertz CT molecular complexity index is 425. The van der Waals surface area contributed by atoms with E-state index in [2.05, 4.69) is 12.2 Å². The van der Waals surface area contributed by atoms with Crippen LogP contribution in [0.3, 0.4) is 0 Å². The van der Waals surface area contributed by atoms with Crippen molar-refractivity contribution in [2.45, 2.75) is 51.2 Å². The monoisotopic (exact) mass is 276 g/mol. The lowest BCUT2D eigenvalue weighted by molar-refractivity contribution is -0.124. The van der Waals surface area contributed by atoms with Crippen molar-refractivity contribution in [3.8, 4) is 0 Å². The van der Waals surface area contributed by atoms with E-state index in [9.17, 15) is 4.79 Å². The van der Waals surface area contributed by atoms with Crippen molar-refractivity contribution in [3.05, 3.63) is 29.8 Å². The van der Waals surface area contributed by atoms with E-state index in [4.69, 9.17) is 10.5 Å². The van der Waals surface area contributed by atoms with Crippen molar-refractivity contribution in [2.24, 2.45) is 5.73 Å². The number of nitrogens with two attached hydrogens (primary N) is 1. The first-order valence-corrected chi connectivity index (χ1v) is 7.46. The van der Waals surface area contributed by atoms with E-state index in [0.29, 0.717) is 6.61 Å². The van der Waals surface area contributed by atoms with E-state index in [1.54, 1.807) is 0 Å². The molecule has 4 nitrogen and oxygen atoms in total. The van der Waals surface area contributed by atoms with Crippen molar-refractivity contribution in [1.29, 1.82) is 0 Å². The molecule has 1 fully saturated rings. The minimum atomic E-state index is -0.285. The SMILES string of the molecule is CCCC(N)Cc1ccc(NC(=O)C2CCCO2)cc1. The molecule has 0 spiro atoms. The number of benzene rings is 1. The van der Waals surface area contributed by atoms with Crippen molar-refractivity contribution >= 4 is 11.6 Å². The fraction of sp³-hybridized carbons (Fsp3) is 0.562. The highest BCUT2D eigenvalue weighted by atomic mass is 16.5. The lowest BCUT2D eigenvalue weighted by Crippen LogP contribution is -2.26. The molecule has 4 heteroatoms. The Kier molecular flexibility index (Phi) is 5.56. The summed E-state index contributed by atoms with van der Waals surface area (Å²) in [7, 11) is 0. The summed E-state index contributed by atoms with van der Waals surface area (Å²) in [4.78, 5) is 11.9. The Morgan fingerprint density at radius 1 is 1.45 bits per heavy atom. The van der Waals surface area contributed by atoms with Crippen LogP contribution in [0, 0.1) is 0 Å². The normalized spacial score (nSPS) is 19.8. The Labute approximate surface area is 120 Å². The van der Waals surface area contributed by atoms with Crippen LogP contribution in [0.25, 0.3) is 0 Å². The van der Waals surface area contributed by atoms with Gasteiger partial charge in [0.1, 0.15) is 6.10 Å². The van der Waals surface area contributed by atoms with Crippen LogP contribution in [-0.2, 0) is 16.0 Å². The Hall–Kier alpha value is -1.39. The van der Waals surface area contributed by atoms with Gasteiger partial charge < -0.3 is 15.8 Å². The van der Waals surface area contributed by atoms with E-state index in [-0.39, 0.29) is 18.1 Å². The molecule has 0 radical (unpaired) electrons. The van der Waals surface area contributed by atoms with Crippen molar-refractivity contribution in [2.75, 3.05) is 11.9 Å². The van der Waals surface area contributed by atoms with E-state index in [1.165, 1.54) is 5.56 Å². The molecular weight excluding hydrogens is 252 g/mol. The number of nitrogens with one attached hydrogen (secondary N) is 1. The zero-order valence-corrected chi connectivity index (χ0v) is 12.1. The molecule has 110 valence electrons. The molecular formula is C16H24N2O2. The highest BCUT2D eigenvalue weighted by molar-refractivity contribution is 5.94. The molecule has 0 aliphatic carbocycles. The third-order valence-corrected chi connectivity index (χ3v) is 3.60. The van der Waals surface area contributed by atoms with Crippen LogP contribution < -0.4 is 11.1 Å². The molecule has 0 saturated carbocycles. The van der Waals surface area contributed by atoms with Crippen LogP contribution in [0.4, 0.5) is 5.69 Å². The van der Waals surface area contributed by atoms with Crippen molar-refractivity contribution < 1.29 is 9.53 Å². The second-order valence-corrected chi connectivity index (χ2v) is 5.44. The van der Waals surface area contributed by atoms with Crippen LogP contribution in [-0.4, -0.2) is 24.7 Å². The summed E-state index contributed by atoms with van der Waals surface area (Å²) >= 11 is 0. The first-order valence-electron chi connectivity index (χ1n) is 7.46. The highest BCUT2D eigenvalue weighted by Crippen LogP contribution is 2.16. The van der Waals surface area contributed by atoms with Gasteiger partial charge in [0.05, 0.1) is 0 Å². The van der Waals surface area contributed by atoms with Gasteiger partial charge in [0.15, 0.2) is 0 Å². The van der Waals surface area contributed by atoms with Gasteiger partial charge in [-0.1, -0.05) is 25.5 Å². The fourth-order valence-electron chi connectivity index (χ4n) is 2.51. The molecule has 1 aromatic rings. The third-order valence-electron chi connectivity index (χ3n) is 3.60.